The van der Waals surface area contributed by atoms with Crippen molar-refractivity contribution >= 4 is 32.9 Å². The van der Waals surface area contributed by atoms with E-state index in [2.05, 4.69) is 52.1 Å². The van der Waals surface area contributed by atoms with E-state index in [0.29, 0.717) is 5.95 Å². The van der Waals surface area contributed by atoms with E-state index in [-0.39, 0.29) is 0 Å². The molecule has 1 aromatic heterocycles. The molecule has 19 heavy (non-hydrogen) atoms. The first-order chi connectivity index (χ1) is 9.15. The first-order valence-electron chi connectivity index (χ1n) is 6.11. The van der Waals surface area contributed by atoms with Crippen molar-refractivity contribution in [3.63, 3.8) is 0 Å². The number of nitrogens with zero attached hydrogens (tertiary/aromatic N) is 2. The molecule has 0 aliphatic heterocycles. The SMILES string of the molecule is Cc1cccc2c1nc(N)n2Cc1ccc(Br)cc1. The quantitative estimate of drug-likeness (QED) is 0.783. The fourth-order valence-electron chi connectivity index (χ4n) is 2.24. The Morgan fingerprint density at radius 2 is 1.89 bits per heavy atom. The summed E-state index contributed by atoms with van der Waals surface area (Å²) in [5, 5.41) is 0. The highest BCUT2D eigenvalue weighted by Crippen LogP contribution is 2.22. The normalized spacial score (nSPS) is 11.1. The fraction of sp³-hybridized carbons (Fsp3) is 0.133. The number of hydrogen-bond acceptors (Lipinski definition) is 2. The third kappa shape index (κ3) is 2.24. The van der Waals surface area contributed by atoms with Crippen LogP contribution in [0.3, 0.4) is 0 Å². The van der Waals surface area contributed by atoms with Gasteiger partial charge in [0, 0.05) is 4.47 Å². The van der Waals surface area contributed by atoms with Crippen LogP contribution in [0.25, 0.3) is 11.0 Å². The average Bonchev–Trinajstić information content (AvgIpc) is 2.71. The van der Waals surface area contributed by atoms with Gasteiger partial charge in [0.1, 0.15) is 0 Å². The van der Waals surface area contributed by atoms with Gasteiger partial charge in [-0.2, -0.15) is 0 Å². The van der Waals surface area contributed by atoms with E-state index in [4.69, 9.17) is 5.73 Å². The van der Waals surface area contributed by atoms with Gasteiger partial charge in [-0.1, -0.05) is 40.2 Å². The number of hydrogen-bond donors (Lipinski definition) is 1. The van der Waals surface area contributed by atoms with E-state index in [0.717, 1.165) is 27.6 Å². The van der Waals surface area contributed by atoms with Crippen LogP contribution in [0.15, 0.2) is 46.9 Å². The average molecular weight is 316 g/mol. The lowest BCUT2D eigenvalue weighted by atomic mass is 10.2. The van der Waals surface area contributed by atoms with Gasteiger partial charge in [-0.25, -0.2) is 4.98 Å². The largest absolute Gasteiger partial charge is 0.369 e. The molecular weight excluding hydrogens is 302 g/mol. The summed E-state index contributed by atoms with van der Waals surface area (Å²) in [6, 6.07) is 14.4. The molecule has 0 saturated heterocycles. The molecule has 0 aliphatic carbocycles. The Morgan fingerprint density at radius 1 is 1.16 bits per heavy atom. The summed E-state index contributed by atoms with van der Waals surface area (Å²) in [4.78, 5) is 4.46. The molecule has 3 rings (SSSR count). The molecule has 0 saturated carbocycles. The van der Waals surface area contributed by atoms with Gasteiger partial charge in [0.05, 0.1) is 17.6 Å². The van der Waals surface area contributed by atoms with Gasteiger partial charge < -0.3 is 10.3 Å². The van der Waals surface area contributed by atoms with Crippen LogP contribution in [0, 0.1) is 6.92 Å². The van der Waals surface area contributed by atoms with Crippen molar-refractivity contribution in [2.24, 2.45) is 0 Å². The molecule has 3 aromatic rings. The molecule has 0 atom stereocenters. The van der Waals surface area contributed by atoms with Crippen molar-refractivity contribution in [1.29, 1.82) is 0 Å². The Labute approximate surface area is 120 Å². The van der Waals surface area contributed by atoms with Gasteiger partial charge in [-0.3, -0.25) is 0 Å². The van der Waals surface area contributed by atoms with E-state index in [1.54, 1.807) is 0 Å². The van der Waals surface area contributed by atoms with Gasteiger partial charge in [-0.05, 0) is 36.2 Å². The Morgan fingerprint density at radius 3 is 2.63 bits per heavy atom. The molecule has 0 amide bonds. The van der Waals surface area contributed by atoms with Crippen LogP contribution in [0.2, 0.25) is 0 Å². The van der Waals surface area contributed by atoms with E-state index < -0.39 is 0 Å². The fourth-order valence-corrected chi connectivity index (χ4v) is 2.51. The van der Waals surface area contributed by atoms with Gasteiger partial charge in [-0.15, -0.1) is 0 Å². The number of aromatic nitrogens is 2. The first-order valence-corrected chi connectivity index (χ1v) is 6.90. The summed E-state index contributed by atoms with van der Waals surface area (Å²) in [5.74, 6) is 0.562. The van der Waals surface area contributed by atoms with Crippen LogP contribution in [0.5, 0.6) is 0 Å². The molecule has 0 fully saturated rings. The molecule has 4 heteroatoms. The summed E-state index contributed by atoms with van der Waals surface area (Å²) < 4.78 is 3.13. The zero-order chi connectivity index (χ0) is 13.4. The molecule has 3 nitrogen and oxygen atoms in total. The van der Waals surface area contributed by atoms with Crippen molar-refractivity contribution in [3.8, 4) is 0 Å². The maximum atomic E-state index is 6.04. The maximum Gasteiger partial charge on any atom is 0.201 e. The van der Waals surface area contributed by atoms with Crippen LogP contribution >= 0.6 is 15.9 Å². The number of halogens is 1. The summed E-state index contributed by atoms with van der Waals surface area (Å²) in [6.45, 7) is 2.79. The number of nitrogen functional groups attached to an aromatic ring is 1. The molecule has 2 N–H and O–H groups in total. The van der Waals surface area contributed by atoms with Crippen molar-refractivity contribution in [1.82, 2.24) is 9.55 Å². The molecule has 0 radical (unpaired) electrons. The first kappa shape index (κ1) is 12.2. The van der Waals surface area contributed by atoms with Crippen molar-refractivity contribution < 1.29 is 0 Å². The number of rotatable bonds is 2. The number of fused-ring (bicyclic) bond motifs is 1. The lowest BCUT2D eigenvalue weighted by Gasteiger charge is -2.07. The Hall–Kier alpha value is -1.81. The number of para-hydroxylation sites is 1. The molecule has 0 spiro atoms. The van der Waals surface area contributed by atoms with Gasteiger partial charge in [0.2, 0.25) is 5.95 Å². The predicted molar refractivity (Wildman–Crippen MR) is 82.1 cm³/mol. The third-order valence-corrected chi connectivity index (χ3v) is 3.79. The third-order valence-electron chi connectivity index (χ3n) is 3.26. The van der Waals surface area contributed by atoms with Crippen LogP contribution in [0.4, 0.5) is 5.95 Å². The van der Waals surface area contributed by atoms with Crippen molar-refractivity contribution in [3.05, 3.63) is 58.1 Å². The summed E-state index contributed by atoms with van der Waals surface area (Å²) >= 11 is 3.44. The molecule has 0 unspecified atom stereocenters. The Bertz CT molecular complexity index is 729. The highest BCUT2D eigenvalue weighted by Gasteiger charge is 2.09. The minimum absolute atomic E-state index is 0.562. The van der Waals surface area contributed by atoms with E-state index in [1.165, 1.54) is 5.56 Å². The number of nitrogens with two attached hydrogens (primary N) is 1. The molecule has 2 aromatic carbocycles. The molecule has 1 heterocycles. The van der Waals surface area contributed by atoms with Crippen LogP contribution in [-0.2, 0) is 6.54 Å². The Balaban J connectivity index is 2.07. The van der Waals surface area contributed by atoms with Crippen LogP contribution in [-0.4, -0.2) is 9.55 Å². The summed E-state index contributed by atoms with van der Waals surface area (Å²) in [5.41, 5.74) is 10.5. The number of anilines is 1. The topological polar surface area (TPSA) is 43.8 Å². The minimum atomic E-state index is 0.562. The second-order valence-corrected chi connectivity index (χ2v) is 5.54. The van der Waals surface area contributed by atoms with E-state index in [1.807, 2.05) is 22.8 Å². The van der Waals surface area contributed by atoms with E-state index in [9.17, 15) is 0 Å². The predicted octanol–water partition coefficient (Wildman–Crippen LogP) is 3.74. The second-order valence-electron chi connectivity index (χ2n) is 4.63. The van der Waals surface area contributed by atoms with E-state index >= 15 is 0 Å². The van der Waals surface area contributed by atoms with Gasteiger partial charge in [0.25, 0.3) is 0 Å². The van der Waals surface area contributed by atoms with Gasteiger partial charge >= 0.3 is 0 Å². The Kier molecular flexibility index (Phi) is 3.03. The van der Waals surface area contributed by atoms with Gasteiger partial charge in [0.15, 0.2) is 0 Å². The lowest BCUT2D eigenvalue weighted by molar-refractivity contribution is 0.838. The maximum absolute atomic E-state index is 6.04. The lowest BCUT2D eigenvalue weighted by Crippen LogP contribution is -2.04. The summed E-state index contributed by atoms with van der Waals surface area (Å²) in [7, 11) is 0. The van der Waals surface area contributed by atoms with Crippen LogP contribution < -0.4 is 5.73 Å². The standard InChI is InChI=1S/C15H14BrN3/c1-10-3-2-4-13-14(10)18-15(17)19(13)9-11-5-7-12(16)8-6-11/h2-8H,9H2,1H3,(H2,17,18). The van der Waals surface area contributed by atoms with Crippen molar-refractivity contribution in [2.75, 3.05) is 5.73 Å². The number of aryl methyl sites for hydroxylation is 1. The smallest absolute Gasteiger partial charge is 0.201 e. The molecular formula is C15H14BrN3. The zero-order valence-electron chi connectivity index (χ0n) is 10.6. The van der Waals surface area contributed by atoms with Crippen molar-refractivity contribution in [2.45, 2.75) is 13.5 Å². The molecule has 96 valence electrons. The number of benzene rings is 2. The highest BCUT2D eigenvalue weighted by atomic mass is 79.9. The monoisotopic (exact) mass is 315 g/mol. The minimum Gasteiger partial charge on any atom is -0.369 e. The second kappa shape index (κ2) is 4.70. The molecule has 0 aliphatic rings. The number of imidazole rings is 1. The van der Waals surface area contributed by atoms with Crippen LogP contribution in [0.1, 0.15) is 11.1 Å². The molecule has 0 bridgehead atoms. The zero-order valence-corrected chi connectivity index (χ0v) is 12.2. The summed E-state index contributed by atoms with van der Waals surface area (Å²) in [6.07, 6.45) is 0. The highest BCUT2D eigenvalue weighted by molar-refractivity contribution is 9.10.